The van der Waals surface area contributed by atoms with Crippen molar-refractivity contribution >= 4 is 5.95 Å². The summed E-state index contributed by atoms with van der Waals surface area (Å²) in [5, 5.41) is 3.01. The monoisotopic (exact) mass is 314 g/mol. The lowest BCUT2D eigenvalue weighted by Crippen LogP contribution is -2.33. The Balaban J connectivity index is 1.77. The lowest BCUT2D eigenvalue weighted by Gasteiger charge is -2.35. The summed E-state index contributed by atoms with van der Waals surface area (Å²) in [6, 6.07) is 2.72. The van der Waals surface area contributed by atoms with E-state index in [0.717, 1.165) is 30.8 Å². The van der Waals surface area contributed by atoms with Gasteiger partial charge in [-0.15, -0.1) is 0 Å². The molecule has 0 unspecified atom stereocenters. The van der Waals surface area contributed by atoms with Crippen molar-refractivity contribution in [1.82, 2.24) is 24.8 Å². The Kier molecular flexibility index (Phi) is 4.97. The van der Waals surface area contributed by atoms with Gasteiger partial charge >= 0.3 is 6.01 Å². The molecule has 2 aromatic heterocycles. The summed E-state index contributed by atoms with van der Waals surface area (Å²) in [5.74, 6) is 0.667. The number of nitrogens with one attached hydrogen (secondary N) is 1. The zero-order valence-corrected chi connectivity index (χ0v) is 13.6. The van der Waals surface area contributed by atoms with Crippen LogP contribution >= 0.6 is 0 Å². The van der Waals surface area contributed by atoms with Gasteiger partial charge in [0.2, 0.25) is 5.95 Å². The fraction of sp³-hybridized carbons (Fsp3) is 0.500. The van der Waals surface area contributed by atoms with Gasteiger partial charge in [-0.25, -0.2) is 19.9 Å². The highest BCUT2D eigenvalue weighted by Crippen LogP contribution is 2.31. The van der Waals surface area contributed by atoms with E-state index in [9.17, 15) is 0 Å². The predicted octanol–water partition coefficient (Wildman–Crippen LogP) is 2.04. The van der Waals surface area contributed by atoms with Gasteiger partial charge in [0, 0.05) is 37.7 Å². The smallest absolute Gasteiger partial charge is 0.316 e. The standard InChI is InChI=1S/C16H22N6O/c1-17-15-18-7-6-13(21-15)14-5-3-4-8-22(14)11-12-9-19-16(23-2)20-10-12/h6-7,9-10,14H,3-5,8,11H2,1-2H3,(H,17,18,21)/t14-/m0/s1. The molecule has 3 rings (SSSR count). The molecule has 7 nitrogen and oxygen atoms in total. The van der Waals surface area contributed by atoms with Gasteiger partial charge in [0.25, 0.3) is 0 Å². The number of anilines is 1. The van der Waals surface area contributed by atoms with Crippen molar-refractivity contribution < 1.29 is 4.74 Å². The summed E-state index contributed by atoms with van der Waals surface area (Å²) in [7, 11) is 3.41. The molecule has 1 atom stereocenters. The fourth-order valence-electron chi connectivity index (χ4n) is 2.96. The number of hydrogen-bond donors (Lipinski definition) is 1. The number of nitrogens with zero attached hydrogens (tertiary/aromatic N) is 5. The number of rotatable bonds is 5. The third kappa shape index (κ3) is 3.73. The van der Waals surface area contributed by atoms with Gasteiger partial charge in [0.15, 0.2) is 0 Å². The highest BCUT2D eigenvalue weighted by atomic mass is 16.5. The number of hydrogen-bond acceptors (Lipinski definition) is 7. The van der Waals surface area contributed by atoms with Crippen molar-refractivity contribution in [2.45, 2.75) is 31.8 Å². The Morgan fingerprint density at radius 2 is 2.09 bits per heavy atom. The van der Waals surface area contributed by atoms with Crippen LogP contribution in [0.1, 0.15) is 36.6 Å². The van der Waals surface area contributed by atoms with Crippen molar-refractivity contribution in [3.8, 4) is 6.01 Å². The van der Waals surface area contributed by atoms with Gasteiger partial charge < -0.3 is 10.1 Å². The van der Waals surface area contributed by atoms with Gasteiger partial charge in [-0.1, -0.05) is 6.42 Å². The van der Waals surface area contributed by atoms with Crippen molar-refractivity contribution in [3.05, 3.63) is 35.9 Å². The third-order valence-corrected chi connectivity index (χ3v) is 4.11. The lowest BCUT2D eigenvalue weighted by molar-refractivity contribution is 0.137. The first kappa shape index (κ1) is 15.6. The van der Waals surface area contributed by atoms with E-state index in [1.165, 1.54) is 12.8 Å². The lowest BCUT2D eigenvalue weighted by atomic mass is 9.98. The van der Waals surface area contributed by atoms with E-state index in [4.69, 9.17) is 4.74 Å². The predicted molar refractivity (Wildman–Crippen MR) is 87.2 cm³/mol. The second-order valence-electron chi connectivity index (χ2n) is 5.62. The quantitative estimate of drug-likeness (QED) is 0.905. The Labute approximate surface area is 136 Å². The summed E-state index contributed by atoms with van der Waals surface area (Å²) in [6.45, 7) is 1.86. The molecule has 1 N–H and O–H groups in total. The first-order chi connectivity index (χ1) is 11.3. The van der Waals surface area contributed by atoms with E-state index in [-0.39, 0.29) is 0 Å². The zero-order valence-electron chi connectivity index (χ0n) is 13.6. The molecule has 122 valence electrons. The molecule has 0 aliphatic carbocycles. The van der Waals surface area contributed by atoms with Crippen molar-refractivity contribution in [1.29, 1.82) is 0 Å². The van der Waals surface area contributed by atoms with Crippen LogP contribution in [0, 0.1) is 0 Å². The summed E-state index contributed by atoms with van der Waals surface area (Å²) in [4.78, 5) is 19.7. The van der Waals surface area contributed by atoms with E-state index in [1.807, 2.05) is 31.7 Å². The topological polar surface area (TPSA) is 76.1 Å². The van der Waals surface area contributed by atoms with E-state index in [1.54, 1.807) is 7.11 Å². The van der Waals surface area contributed by atoms with Gasteiger partial charge in [-0.2, -0.15) is 0 Å². The molecule has 0 saturated carbocycles. The minimum absolute atomic E-state index is 0.306. The second kappa shape index (κ2) is 7.32. The summed E-state index contributed by atoms with van der Waals surface area (Å²) < 4.78 is 5.02. The summed E-state index contributed by atoms with van der Waals surface area (Å²) in [5.41, 5.74) is 2.15. The average Bonchev–Trinajstić information content (AvgIpc) is 2.63. The third-order valence-electron chi connectivity index (χ3n) is 4.11. The Morgan fingerprint density at radius 3 is 2.83 bits per heavy atom. The summed E-state index contributed by atoms with van der Waals surface area (Å²) >= 11 is 0. The van der Waals surface area contributed by atoms with E-state index in [0.29, 0.717) is 18.0 Å². The van der Waals surface area contributed by atoms with E-state index >= 15 is 0 Å². The van der Waals surface area contributed by atoms with Crippen LogP contribution in [0.2, 0.25) is 0 Å². The molecule has 1 fully saturated rings. The molecule has 1 aliphatic heterocycles. The fourth-order valence-corrected chi connectivity index (χ4v) is 2.96. The van der Waals surface area contributed by atoms with Crippen LogP contribution in [0.4, 0.5) is 5.95 Å². The minimum Gasteiger partial charge on any atom is -0.467 e. The molecular formula is C16H22N6O. The van der Waals surface area contributed by atoms with Crippen molar-refractivity contribution in [2.24, 2.45) is 0 Å². The van der Waals surface area contributed by atoms with Gasteiger partial charge in [-0.05, 0) is 25.5 Å². The molecular weight excluding hydrogens is 292 g/mol. The maximum Gasteiger partial charge on any atom is 0.316 e. The molecule has 1 aliphatic rings. The SMILES string of the molecule is CNc1nccc([C@@H]2CCCCN2Cc2cnc(OC)nc2)n1. The molecule has 0 bridgehead atoms. The van der Waals surface area contributed by atoms with Crippen molar-refractivity contribution in [2.75, 3.05) is 26.0 Å². The van der Waals surface area contributed by atoms with Gasteiger partial charge in [0.05, 0.1) is 18.8 Å². The molecule has 0 radical (unpaired) electrons. The molecule has 0 amide bonds. The van der Waals surface area contributed by atoms with Gasteiger partial charge in [0.1, 0.15) is 0 Å². The highest BCUT2D eigenvalue weighted by molar-refractivity contribution is 5.25. The van der Waals surface area contributed by atoms with E-state index < -0.39 is 0 Å². The zero-order chi connectivity index (χ0) is 16.1. The molecule has 2 aromatic rings. The summed E-state index contributed by atoms with van der Waals surface area (Å²) in [6.07, 6.45) is 9.01. The van der Waals surface area contributed by atoms with Gasteiger partial charge in [-0.3, -0.25) is 4.90 Å². The number of piperidine rings is 1. The Morgan fingerprint density at radius 1 is 1.26 bits per heavy atom. The number of likely N-dealkylation sites (tertiary alicyclic amines) is 1. The second-order valence-corrected chi connectivity index (χ2v) is 5.62. The Bertz CT molecular complexity index is 633. The maximum atomic E-state index is 5.02. The first-order valence-electron chi connectivity index (χ1n) is 7.90. The molecule has 1 saturated heterocycles. The number of methoxy groups -OCH3 is 1. The highest BCUT2D eigenvalue weighted by Gasteiger charge is 2.25. The number of ether oxygens (including phenoxy) is 1. The maximum absolute atomic E-state index is 5.02. The largest absolute Gasteiger partial charge is 0.467 e. The van der Waals surface area contributed by atoms with Crippen LogP contribution in [-0.2, 0) is 6.54 Å². The first-order valence-corrected chi connectivity index (χ1v) is 7.90. The molecule has 0 spiro atoms. The van der Waals surface area contributed by atoms with Crippen LogP contribution in [0.15, 0.2) is 24.7 Å². The number of aromatic nitrogens is 4. The van der Waals surface area contributed by atoms with E-state index in [2.05, 4.69) is 30.2 Å². The average molecular weight is 314 g/mol. The minimum atomic E-state index is 0.306. The van der Waals surface area contributed by atoms with Crippen LogP contribution in [0.25, 0.3) is 0 Å². The van der Waals surface area contributed by atoms with Crippen LogP contribution in [0.5, 0.6) is 6.01 Å². The molecule has 23 heavy (non-hydrogen) atoms. The Hall–Kier alpha value is -2.28. The van der Waals surface area contributed by atoms with Crippen LogP contribution in [-0.4, -0.2) is 45.5 Å². The molecule has 3 heterocycles. The normalized spacial score (nSPS) is 18.6. The van der Waals surface area contributed by atoms with Crippen molar-refractivity contribution in [3.63, 3.8) is 0 Å². The molecule has 0 aromatic carbocycles. The van der Waals surface area contributed by atoms with Crippen LogP contribution in [0.3, 0.4) is 0 Å². The van der Waals surface area contributed by atoms with Crippen LogP contribution < -0.4 is 10.1 Å². The molecule has 7 heteroatoms.